The number of halogens is 2. The van der Waals surface area contributed by atoms with E-state index in [9.17, 15) is 9.18 Å². The Morgan fingerprint density at radius 3 is 2.69 bits per heavy atom. The Labute approximate surface area is 207 Å². The third kappa shape index (κ3) is 8.47. The van der Waals surface area contributed by atoms with E-state index in [1.54, 1.807) is 12.1 Å². The number of carbonyl (C=O) groups excluding carboxylic acids is 1. The molecule has 2 aliphatic rings. The second-order valence-corrected chi connectivity index (χ2v) is 7.98. The molecule has 32 heavy (non-hydrogen) atoms. The lowest BCUT2D eigenvalue weighted by Gasteiger charge is -2.35. The number of carbonyl (C=O) groups is 1. The van der Waals surface area contributed by atoms with Crippen molar-refractivity contribution in [3.8, 4) is 0 Å². The van der Waals surface area contributed by atoms with E-state index in [2.05, 4.69) is 20.5 Å². The Morgan fingerprint density at radius 2 is 2.00 bits per heavy atom. The number of ether oxygens (including phenoxy) is 2. The van der Waals surface area contributed by atoms with Gasteiger partial charge in [-0.1, -0.05) is 12.1 Å². The van der Waals surface area contributed by atoms with Gasteiger partial charge in [-0.15, -0.1) is 24.0 Å². The molecule has 1 atom stereocenters. The highest BCUT2D eigenvalue weighted by molar-refractivity contribution is 14.0. The van der Waals surface area contributed by atoms with Gasteiger partial charge in [0.05, 0.1) is 30.9 Å². The van der Waals surface area contributed by atoms with Crippen molar-refractivity contribution in [2.24, 2.45) is 4.99 Å². The molecule has 1 aromatic rings. The Morgan fingerprint density at radius 1 is 1.22 bits per heavy atom. The van der Waals surface area contributed by atoms with Crippen molar-refractivity contribution in [2.75, 3.05) is 45.9 Å². The van der Waals surface area contributed by atoms with Gasteiger partial charge in [0.15, 0.2) is 5.96 Å². The molecule has 7 nitrogen and oxygen atoms in total. The number of aliphatic imine (C=N–C) groups is 1. The lowest BCUT2D eigenvalue weighted by atomic mass is 10.1. The highest BCUT2D eigenvalue weighted by Crippen LogP contribution is 2.18. The summed E-state index contributed by atoms with van der Waals surface area (Å²) in [7, 11) is 0. The SMILES string of the molecule is CCNC(=NCCNC(=O)c1ccccc1F)N1CCC(OCC2CCCCO2)CC1.I. The summed E-state index contributed by atoms with van der Waals surface area (Å²) in [5.41, 5.74) is 0.0547. The third-order valence-electron chi connectivity index (χ3n) is 5.65. The largest absolute Gasteiger partial charge is 0.376 e. The zero-order chi connectivity index (χ0) is 21.9. The van der Waals surface area contributed by atoms with Crippen LogP contribution in [0.5, 0.6) is 0 Å². The number of benzene rings is 1. The number of nitrogens with one attached hydrogen (secondary N) is 2. The maximum absolute atomic E-state index is 13.7. The summed E-state index contributed by atoms with van der Waals surface area (Å²) in [6, 6.07) is 5.97. The molecule has 2 saturated heterocycles. The summed E-state index contributed by atoms with van der Waals surface area (Å²) in [6.45, 7) is 6.90. The van der Waals surface area contributed by atoms with Crippen LogP contribution in [0.1, 0.15) is 49.4 Å². The smallest absolute Gasteiger partial charge is 0.254 e. The number of piperidine rings is 1. The fourth-order valence-corrected chi connectivity index (χ4v) is 3.91. The van der Waals surface area contributed by atoms with E-state index < -0.39 is 11.7 Å². The molecule has 2 N–H and O–H groups in total. The molecule has 3 rings (SSSR count). The van der Waals surface area contributed by atoms with Crippen LogP contribution in [0.25, 0.3) is 0 Å². The van der Waals surface area contributed by atoms with E-state index in [0.29, 0.717) is 19.7 Å². The van der Waals surface area contributed by atoms with Crippen LogP contribution in [-0.2, 0) is 9.47 Å². The molecule has 0 spiro atoms. The van der Waals surface area contributed by atoms with E-state index >= 15 is 0 Å². The monoisotopic (exact) mass is 562 g/mol. The first-order valence-corrected chi connectivity index (χ1v) is 11.5. The van der Waals surface area contributed by atoms with Crippen LogP contribution in [0.4, 0.5) is 4.39 Å². The van der Waals surface area contributed by atoms with Gasteiger partial charge in [-0.2, -0.15) is 0 Å². The number of nitrogens with zero attached hydrogens (tertiary/aromatic N) is 2. The summed E-state index contributed by atoms with van der Waals surface area (Å²) in [5, 5.41) is 6.05. The molecule has 0 aromatic heterocycles. The van der Waals surface area contributed by atoms with E-state index in [-0.39, 0.29) is 41.7 Å². The number of guanidine groups is 1. The van der Waals surface area contributed by atoms with E-state index in [0.717, 1.165) is 57.9 Å². The normalized spacial score (nSPS) is 19.9. The average molecular weight is 562 g/mol. The van der Waals surface area contributed by atoms with Crippen LogP contribution in [0.15, 0.2) is 29.3 Å². The molecule has 0 aliphatic carbocycles. The van der Waals surface area contributed by atoms with Crippen LogP contribution in [-0.4, -0.2) is 74.9 Å². The number of amides is 1. The highest BCUT2D eigenvalue weighted by atomic mass is 127. The molecule has 1 unspecified atom stereocenters. The van der Waals surface area contributed by atoms with Crippen LogP contribution < -0.4 is 10.6 Å². The first kappa shape index (κ1) is 26.8. The minimum atomic E-state index is -0.517. The molecule has 1 amide bonds. The van der Waals surface area contributed by atoms with Gasteiger partial charge in [0.1, 0.15) is 5.82 Å². The van der Waals surface area contributed by atoms with E-state index in [4.69, 9.17) is 9.47 Å². The van der Waals surface area contributed by atoms with Gasteiger partial charge >= 0.3 is 0 Å². The van der Waals surface area contributed by atoms with Gasteiger partial charge in [0, 0.05) is 32.8 Å². The molecule has 2 fully saturated rings. The van der Waals surface area contributed by atoms with Gasteiger partial charge < -0.3 is 25.0 Å². The quantitative estimate of drug-likeness (QED) is 0.221. The van der Waals surface area contributed by atoms with E-state index in [1.165, 1.54) is 18.6 Å². The predicted molar refractivity (Wildman–Crippen MR) is 134 cm³/mol. The standard InChI is InChI=1S/C23H35FN4O3.HI/c1-2-25-23(27-13-12-26-22(29)20-8-3-4-9-21(20)24)28-14-10-18(11-15-28)31-17-19-7-5-6-16-30-19;/h3-4,8-9,18-19H,2,5-7,10-17H2,1H3,(H,25,27)(H,26,29);1H. The molecule has 0 radical (unpaired) electrons. The van der Waals surface area contributed by atoms with Crippen molar-refractivity contribution < 1.29 is 18.7 Å². The highest BCUT2D eigenvalue weighted by Gasteiger charge is 2.23. The van der Waals surface area contributed by atoms with Crippen LogP contribution in [0, 0.1) is 5.82 Å². The summed E-state index contributed by atoms with van der Waals surface area (Å²) in [4.78, 5) is 19.0. The lowest BCUT2D eigenvalue weighted by Crippen LogP contribution is -2.47. The maximum atomic E-state index is 13.7. The van der Waals surface area contributed by atoms with Gasteiger partial charge in [0.2, 0.25) is 0 Å². The van der Waals surface area contributed by atoms with Gasteiger partial charge in [0.25, 0.3) is 5.91 Å². The number of rotatable bonds is 8. The van der Waals surface area contributed by atoms with Crippen molar-refractivity contribution in [2.45, 2.75) is 51.2 Å². The maximum Gasteiger partial charge on any atom is 0.254 e. The second-order valence-electron chi connectivity index (χ2n) is 7.98. The molecule has 1 aromatic carbocycles. The molecule has 9 heteroatoms. The van der Waals surface area contributed by atoms with Gasteiger partial charge in [-0.25, -0.2) is 4.39 Å². The average Bonchev–Trinajstić information content (AvgIpc) is 2.81. The zero-order valence-electron chi connectivity index (χ0n) is 18.9. The number of hydrogen-bond donors (Lipinski definition) is 2. The fourth-order valence-electron chi connectivity index (χ4n) is 3.91. The van der Waals surface area contributed by atoms with Crippen LogP contribution in [0.3, 0.4) is 0 Å². The topological polar surface area (TPSA) is 75.2 Å². The predicted octanol–water partition coefficient (Wildman–Crippen LogP) is 3.19. The van der Waals surface area contributed by atoms with Crippen molar-refractivity contribution >= 4 is 35.8 Å². The molecular weight excluding hydrogens is 526 g/mol. The zero-order valence-corrected chi connectivity index (χ0v) is 21.2. The number of hydrogen-bond acceptors (Lipinski definition) is 4. The molecule has 0 bridgehead atoms. The molecular formula is C23H36FIN4O3. The van der Waals surface area contributed by atoms with E-state index in [1.807, 2.05) is 6.92 Å². The van der Waals surface area contributed by atoms with Crippen molar-refractivity contribution in [1.29, 1.82) is 0 Å². The van der Waals surface area contributed by atoms with Crippen LogP contribution >= 0.6 is 24.0 Å². The van der Waals surface area contributed by atoms with Crippen molar-refractivity contribution in [1.82, 2.24) is 15.5 Å². The van der Waals surface area contributed by atoms with Gasteiger partial charge in [-0.3, -0.25) is 9.79 Å². The van der Waals surface area contributed by atoms with Crippen molar-refractivity contribution in [3.63, 3.8) is 0 Å². The molecule has 2 aliphatic heterocycles. The molecule has 180 valence electrons. The van der Waals surface area contributed by atoms with Crippen molar-refractivity contribution in [3.05, 3.63) is 35.6 Å². The van der Waals surface area contributed by atoms with Crippen LogP contribution in [0.2, 0.25) is 0 Å². The summed E-state index contributed by atoms with van der Waals surface area (Å²) in [5.74, 6) is -0.0908. The molecule has 2 heterocycles. The minimum Gasteiger partial charge on any atom is -0.376 e. The Kier molecular flexibility index (Phi) is 12.3. The number of likely N-dealkylation sites (tertiary alicyclic amines) is 1. The first-order chi connectivity index (χ1) is 15.2. The fraction of sp³-hybridized carbons (Fsp3) is 0.652. The minimum absolute atomic E-state index is 0. The Hall–Kier alpha value is -1.46. The lowest BCUT2D eigenvalue weighted by molar-refractivity contribution is -0.0721. The first-order valence-electron chi connectivity index (χ1n) is 11.5. The second kappa shape index (κ2) is 14.6. The Balaban J connectivity index is 0.00000363. The summed E-state index contributed by atoms with van der Waals surface area (Å²) < 4.78 is 25.5. The molecule has 0 saturated carbocycles. The summed E-state index contributed by atoms with van der Waals surface area (Å²) >= 11 is 0. The Bertz CT molecular complexity index is 723. The van der Waals surface area contributed by atoms with Gasteiger partial charge in [-0.05, 0) is 51.2 Å². The third-order valence-corrected chi connectivity index (χ3v) is 5.65. The summed E-state index contributed by atoms with van der Waals surface area (Å²) in [6.07, 6.45) is 5.94.